The third-order valence-electron chi connectivity index (χ3n) is 14.2. The Balaban J connectivity index is 1.46. The Labute approximate surface area is 444 Å². The highest BCUT2D eigenvalue weighted by molar-refractivity contribution is 6.25. The van der Waals surface area contributed by atoms with Crippen LogP contribution in [0.25, 0.3) is 108 Å². The van der Waals surface area contributed by atoms with Crippen molar-refractivity contribution in [1.29, 1.82) is 0 Å². The number of rotatable bonds is 6. The van der Waals surface area contributed by atoms with Gasteiger partial charge >= 0.3 is 0 Å². The SMILES string of the molecule is COc1c2cc(C)cc1[nH]c(=O)c1cc3ccccc3c(c1OC)c1c(OC)c(cc3ccccc31)c(=O)[nH]c1cc(C)cc([nH]c(=O)c3cc4ccccc4c(c3OC)c3c(OC)c(cc4ccccc43)c(=O)[nH]2)c1OC. The van der Waals surface area contributed by atoms with Gasteiger partial charge in [0.05, 0.1) is 86.3 Å². The number of aromatic nitrogens is 4. The summed E-state index contributed by atoms with van der Waals surface area (Å²) in [5.74, 6) is 1.12. The van der Waals surface area contributed by atoms with Gasteiger partial charge in [0.1, 0.15) is 23.0 Å². The lowest BCUT2D eigenvalue weighted by Gasteiger charge is -2.15. The van der Waals surface area contributed by atoms with Gasteiger partial charge in [-0.2, -0.15) is 0 Å². The van der Waals surface area contributed by atoms with E-state index in [4.69, 9.17) is 28.4 Å². The largest absolute Gasteiger partial charge is 0.495 e. The van der Waals surface area contributed by atoms with Crippen molar-refractivity contribution in [2.24, 2.45) is 0 Å². The number of nitrogens with one attached hydrogen (secondary N) is 4. The van der Waals surface area contributed by atoms with E-state index in [2.05, 4.69) is 19.9 Å². The summed E-state index contributed by atoms with van der Waals surface area (Å²) in [5, 5.41) is 8.18. The van der Waals surface area contributed by atoms with E-state index in [1.54, 1.807) is 48.5 Å². The van der Waals surface area contributed by atoms with Gasteiger partial charge in [-0.1, -0.05) is 97.1 Å². The van der Waals surface area contributed by atoms with Crippen LogP contribution in [0.2, 0.25) is 0 Å². The number of hydrogen-bond acceptors (Lipinski definition) is 10. The lowest BCUT2D eigenvalue weighted by molar-refractivity contribution is 0.420. The van der Waals surface area contributed by atoms with E-state index in [1.807, 2.05) is 111 Å². The summed E-state index contributed by atoms with van der Waals surface area (Å²) in [7, 11) is 8.84. The van der Waals surface area contributed by atoms with E-state index >= 15 is 19.2 Å². The molecule has 12 bridgehead atoms. The fourth-order valence-corrected chi connectivity index (χ4v) is 10.9. The third kappa shape index (κ3) is 8.39. The average Bonchev–Trinajstić information content (AvgIpc) is 3.64. The maximum atomic E-state index is 15.1. The van der Waals surface area contributed by atoms with Gasteiger partial charge in [-0.05, 0) is 117 Å². The first-order chi connectivity index (χ1) is 37.9. The maximum absolute atomic E-state index is 15.1. The van der Waals surface area contributed by atoms with Crippen LogP contribution in [0.15, 0.2) is 165 Å². The molecule has 4 N–H and O–H groups in total. The second-order valence-corrected chi connectivity index (χ2v) is 18.8. The minimum absolute atomic E-state index is 0.155. The van der Waals surface area contributed by atoms with Crippen LogP contribution in [0.3, 0.4) is 0 Å². The average molecular weight is 1040 g/mol. The number of aryl methyl sites for hydroxylation is 2. The van der Waals surface area contributed by atoms with Gasteiger partial charge in [-0.3, -0.25) is 19.2 Å². The molecule has 10 aromatic carbocycles. The Kier molecular flexibility index (Phi) is 13.0. The van der Waals surface area contributed by atoms with Gasteiger partial charge in [-0.25, -0.2) is 0 Å². The molecule has 1 heterocycles. The molecule has 0 radical (unpaired) electrons. The molecule has 388 valence electrons. The molecule has 1 aromatic heterocycles. The first-order valence-electron chi connectivity index (χ1n) is 24.9. The van der Waals surface area contributed by atoms with Gasteiger partial charge in [0.15, 0.2) is 11.5 Å². The number of H-pyrrole nitrogens is 4. The molecule has 0 aliphatic heterocycles. The molecule has 0 saturated heterocycles. The monoisotopic (exact) mass is 1040 g/mol. The van der Waals surface area contributed by atoms with Crippen molar-refractivity contribution in [3.8, 4) is 34.5 Å². The van der Waals surface area contributed by atoms with Crippen LogP contribution in [0, 0.1) is 13.8 Å². The Morgan fingerprint density at radius 1 is 0.269 bits per heavy atom. The molecule has 11 aromatic rings. The van der Waals surface area contributed by atoms with Gasteiger partial charge in [0.25, 0.3) is 22.2 Å². The van der Waals surface area contributed by atoms with Crippen LogP contribution in [-0.4, -0.2) is 62.6 Å². The Bertz CT molecular complexity index is 4300. The van der Waals surface area contributed by atoms with Crippen molar-refractivity contribution in [3.05, 3.63) is 198 Å². The van der Waals surface area contributed by atoms with Gasteiger partial charge < -0.3 is 48.4 Å². The van der Waals surface area contributed by atoms with Crippen LogP contribution in [0.4, 0.5) is 0 Å². The molecule has 0 spiro atoms. The number of benzene rings is 10. The van der Waals surface area contributed by atoms with E-state index < -0.39 is 22.2 Å². The van der Waals surface area contributed by atoms with Crippen molar-refractivity contribution in [2.45, 2.75) is 13.8 Å². The number of methoxy groups -OCH3 is 6. The summed E-state index contributed by atoms with van der Waals surface area (Å²) in [6.07, 6.45) is 0. The summed E-state index contributed by atoms with van der Waals surface area (Å²) in [4.78, 5) is 72.9. The van der Waals surface area contributed by atoms with Crippen LogP contribution < -0.4 is 50.7 Å². The quantitative estimate of drug-likeness (QED) is 0.125. The van der Waals surface area contributed by atoms with Crippen LogP contribution in [-0.2, 0) is 0 Å². The minimum Gasteiger partial charge on any atom is -0.495 e. The molecular weight excluding hydrogens is 985 g/mol. The summed E-state index contributed by atoms with van der Waals surface area (Å²) in [6, 6.07) is 44.2. The van der Waals surface area contributed by atoms with Gasteiger partial charge in [0, 0.05) is 21.5 Å². The molecule has 11 rings (SSSR count). The molecule has 0 atom stereocenters. The standard InChI is InChI=1S/C64H52N4O10/c1-33-25-47-59(77-7)48(26-33)66-62(70)44-30-36-18-10-14-22-40(36)52(56(44)74-4)54-42-24-16-12-20-38(42)32-46(58(54)76-6)64(72)68-50-28-34(2)27-49(60(50)78-8)67-63(71)45-31-37-19-11-15-23-41(37)53(57(45)75-5)51-39-21-13-9-17-35(39)29-43(55(51)73-3)61(69)65-47/h9-32H,1-8H3,(H,65,69)(H,66,70)(H,67,71)(H,68,72). The normalized spacial score (nSPS) is 11.3. The molecule has 0 saturated carbocycles. The summed E-state index contributed by atoms with van der Waals surface area (Å²) in [5.41, 5.74) is 0.153. The predicted octanol–water partition coefficient (Wildman–Crippen LogP) is 12.6. The fraction of sp³-hybridized carbons (Fsp3) is 0.125. The number of fused-ring (bicyclic) bond motifs is 22. The van der Waals surface area contributed by atoms with E-state index in [0.717, 1.165) is 0 Å². The lowest BCUT2D eigenvalue weighted by atomic mass is 9.95. The molecule has 14 heteroatoms. The molecule has 0 aliphatic carbocycles. The molecule has 78 heavy (non-hydrogen) atoms. The van der Waals surface area contributed by atoms with Crippen molar-refractivity contribution in [1.82, 2.24) is 19.9 Å². The topological polar surface area (TPSA) is 187 Å². The van der Waals surface area contributed by atoms with Gasteiger partial charge in [-0.15, -0.1) is 0 Å². The summed E-state index contributed by atoms with van der Waals surface area (Å²) in [6.45, 7) is 3.67. The van der Waals surface area contributed by atoms with Gasteiger partial charge in [0.2, 0.25) is 0 Å². The van der Waals surface area contributed by atoms with Crippen LogP contribution in [0.1, 0.15) is 11.1 Å². The Hall–Kier alpha value is -10.1. The van der Waals surface area contributed by atoms with Crippen molar-refractivity contribution < 1.29 is 28.4 Å². The summed E-state index contributed by atoms with van der Waals surface area (Å²) >= 11 is 0. The molecule has 14 nitrogen and oxygen atoms in total. The van der Waals surface area contributed by atoms with E-state index in [-0.39, 0.29) is 78.1 Å². The van der Waals surface area contributed by atoms with Crippen LogP contribution in [0.5, 0.6) is 34.5 Å². The minimum atomic E-state index is -0.558. The molecule has 0 aliphatic rings. The molecule has 0 amide bonds. The van der Waals surface area contributed by atoms with E-state index in [1.165, 1.54) is 42.7 Å². The van der Waals surface area contributed by atoms with Crippen molar-refractivity contribution in [2.75, 3.05) is 42.7 Å². The maximum Gasteiger partial charge on any atom is 0.259 e. The van der Waals surface area contributed by atoms with E-state index in [9.17, 15) is 0 Å². The molecular formula is C64H52N4O10. The van der Waals surface area contributed by atoms with E-state index in [0.29, 0.717) is 75.8 Å². The number of aromatic amines is 4. The van der Waals surface area contributed by atoms with Crippen molar-refractivity contribution in [3.63, 3.8) is 0 Å². The summed E-state index contributed by atoms with van der Waals surface area (Å²) < 4.78 is 37.2. The highest BCUT2D eigenvalue weighted by Crippen LogP contribution is 2.45. The molecule has 0 unspecified atom stereocenters. The lowest BCUT2D eigenvalue weighted by Crippen LogP contribution is -2.08. The second kappa shape index (κ2) is 20.2. The smallest absolute Gasteiger partial charge is 0.259 e. The highest BCUT2D eigenvalue weighted by atomic mass is 16.5. The van der Waals surface area contributed by atoms with Crippen molar-refractivity contribution >= 4 is 108 Å². The van der Waals surface area contributed by atoms with Crippen LogP contribution >= 0.6 is 0 Å². The zero-order valence-corrected chi connectivity index (χ0v) is 43.9. The third-order valence-corrected chi connectivity index (χ3v) is 14.2. The first kappa shape index (κ1) is 50.1. The number of hydrogen-bond donors (Lipinski definition) is 4. The second-order valence-electron chi connectivity index (χ2n) is 18.8. The first-order valence-corrected chi connectivity index (χ1v) is 24.9. The number of ether oxygens (including phenoxy) is 6. The Morgan fingerprint density at radius 2 is 0.474 bits per heavy atom. The predicted molar refractivity (Wildman–Crippen MR) is 314 cm³/mol. The highest BCUT2D eigenvalue weighted by Gasteiger charge is 2.21. The zero-order chi connectivity index (χ0) is 54.5. The fourth-order valence-electron chi connectivity index (χ4n) is 10.9. The molecule has 0 fully saturated rings. The zero-order valence-electron chi connectivity index (χ0n) is 43.9. The Morgan fingerprint density at radius 3 is 0.679 bits per heavy atom.